The topological polar surface area (TPSA) is 85.3 Å². The number of benzene rings is 1. The van der Waals surface area contributed by atoms with Gasteiger partial charge >= 0.3 is 5.97 Å². The summed E-state index contributed by atoms with van der Waals surface area (Å²) in [6.45, 7) is 5.31. The van der Waals surface area contributed by atoms with E-state index in [1.54, 1.807) is 13.2 Å². The van der Waals surface area contributed by atoms with Crippen molar-refractivity contribution >= 4 is 11.9 Å². The van der Waals surface area contributed by atoms with E-state index in [-0.39, 0.29) is 11.9 Å². The molecule has 8 nitrogen and oxygen atoms in total. The van der Waals surface area contributed by atoms with Gasteiger partial charge in [-0.15, -0.1) is 0 Å². The predicted octanol–water partition coefficient (Wildman–Crippen LogP) is 2.89. The van der Waals surface area contributed by atoms with Crippen molar-refractivity contribution in [3.05, 3.63) is 54.2 Å². The number of rotatable bonds is 9. The van der Waals surface area contributed by atoms with Crippen LogP contribution in [0.1, 0.15) is 25.3 Å². The Morgan fingerprint density at radius 3 is 2.53 bits per heavy atom. The first-order chi connectivity index (χ1) is 15.7. The summed E-state index contributed by atoms with van der Waals surface area (Å²) in [5.41, 5.74) is 1.03. The first kappa shape index (κ1) is 23.4. The molecule has 0 radical (unpaired) electrons. The van der Waals surface area contributed by atoms with Gasteiger partial charge in [0.1, 0.15) is 19.0 Å². The Bertz CT molecular complexity index is 850. The first-order valence-electron chi connectivity index (χ1n) is 11.1. The van der Waals surface area contributed by atoms with Crippen LogP contribution in [0.15, 0.2) is 53.7 Å². The molecule has 1 aromatic heterocycles. The molecule has 1 aromatic carbocycles. The average molecular weight is 441 g/mol. The summed E-state index contributed by atoms with van der Waals surface area (Å²) in [5.74, 6) is 2.11. The number of nitrogens with zero attached hydrogens (tertiary/aromatic N) is 3. The van der Waals surface area contributed by atoms with E-state index in [4.69, 9.17) is 14.2 Å². The molecular weight excluding hydrogens is 408 g/mol. The van der Waals surface area contributed by atoms with Crippen LogP contribution in [0.25, 0.3) is 0 Å². The molecule has 1 fully saturated rings. The van der Waals surface area contributed by atoms with Crippen molar-refractivity contribution in [2.24, 2.45) is 10.9 Å². The number of piperidine rings is 1. The fourth-order valence-corrected chi connectivity index (χ4v) is 3.52. The molecule has 1 N–H and O–H groups in total. The molecule has 1 aliphatic rings. The van der Waals surface area contributed by atoms with Crippen LogP contribution in [0.2, 0.25) is 0 Å². The van der Waals surface area contributed by atoms with Crippen LogP contribution in [-0.4, -0.2) is 61.8 Å². The smallest absolute Gasteiger partial charge is 0.309 e. The minimum atomic E-state index is -0.0879. The van der Waals surface area contributed by atoms with Crippen LogP contribution in [0.3, 0.4) is 0 Å². The van der Waals surface area contributed by atoms with Crippen LogP contribution in [0.4, 0.5) is 0 Å². The molecule has 32 heavy (non-hydrogen) atoms. The third-order valence-corrected chi connectivity index (χ3v) is 5.22. The van der Waals surface area contributed by atoms with Gasteiger partial charge in [-0.3, -0.25) is 9.79 Å². The summed E-state index contributed by atoms with van der Waals surface area (Å²) in [4.78, 5) is 22.8. The number of esters is 1. The number of carbonyl (C=O) groups excluding carboxylic acids is 1. The largest absolute Gasteiger partial charge is 0.490 e. The molecular formula is C24H32N4O4. The number of aromatic nitrogens is 1. The summed E-state index contributed by atoms with van der Waals surface area (Å²) < 4.78 is 16.4. The zero-order valence-electron chi connectivity index (χ0n) is 18.8. The summed E-state index contributed by atoms with van der Waals surface area (Å²) in [6, 6.07) is 13.5. The van der Waals surface area contributed by atoms with E-state index in [0.29, 0.717) is 32.2 Å². The molecule has 8 heteroatoms. The summed E-state index contributed by atoms with van der Waals surface area (Å²) in [7, 11) is 1.77. The van der Waals surface area contributed by atoms with Gasteiger partial charge in [-0.05, 0) is 37.5 Å². The monoisotopic (exact) mass is 440 g/mol. The van der Waals surface area contributed by atoms with Gasteiger partial charge in [-0.25, -0.2) is 4.98 Å². The van der Waals surface area contributed by atoms with Crippen LogP contribution in [-0.2, 0) is 16.1 Å². The molecule has 1 aliphatic heterocycles. The van der Waals surface area contributed by atoms with Gasteiger partial charge in [0.2, 0.25) is 5.88 Å². The van der Waals surface area contributed by atoms with Gasteiger partial charge in [0, 0.05) is 38.9 Å². The standard InChI is InChI=1S/C24H32N4O4/c1-3-30-23(29)20-11-13-28(14-12-20)24(25-2)27-18-19-9-10-22(26-17-19)32-16-15-31-21-7-5-4-6-8-21/h4-10,17,20H,3,11-16,18H2,1-2H3,(H,25,27). The van der Waals surface area contributed by atoms with Crippen molar-refractivity contribution in [1.29, 1.82) is 0 Å². The second-order valence-corrected chi connectivity index (χ2v) is 7.43. The number of guanidine groups is 1. The number of nitrogens with one attached hydrogen (secondary N) is 1. The highest BCUT2D eigenvalue weighted by Gasteiger charge is 2.27. The van der Waals surface area contributed by atoms with Crippen LogP contribution in [0, 0.1) is 5.92 Å². The van der Waals surface area contributed by atoms with Gasteiger partial charge in [0.05, 0.1) is 12.5 Å². The molecule has 0 unspecified atom stereocenters. The Hall–Kier alpha value is -3.29. The number of hydrogen-bond donors (Lipinski definition) is 1. The van der Waals surface area contributed by atoms with Crippen molar-refractivity contribution in [3.63, 3.8) is 0 Å². The second kappa shape index (κ2) is 12.5. The molecule has 0 amide bonds. The van der Waals surface area contributed by atoms with Crippen molar-refractivity contribution in [2.45, 2.75) is 26.3 Å². The maximum atomic E-state index is 11.9. The third-order valence-electron chi connectivity index (χ3n) is 5.22. The van der Waals surface area contributed by atoms with E-state index in [0.717, 1.165) is 43.2 Å². The van der Waals surface area contributed by atoms with Crippen molar-refractivity contribution < 1.29 is 19.0 Å². The van der Waals surface area contributed by atoms with E-state index in [2.05, 4.69) is 20.2 Å². The van der Waals surface area contributed by atoms with Gasteiger partial charge in [0.15, 0.2) is 5.96 Å². The summed E-state index contributed by atoms with van der Waals surface area (Å²) in [6.07, 6.45) is 3.35. The van der Waals surface area contributed by atoms with E-state index < -0.39 is 0 Å². The molecule has 2 aromatic rings. The number of hydrogen-bond acceptors (Lipinski definition) is 6. The van der Waals surface area contributed by atoms with Gasteiger partial charge in [-0.1, -0.05) is 24.3 Å². The summed E-state index contributed by atoms with van der Waals surface area (Å²) in [5, 5.41) is 3.37. The number of pyridine rings is 1. The number of likely N-dealkylation sites (tertiary alicyclic amines) is 1. The molecule has 0 bridgehead atoms. The lowest BCUT2D eigenvalue weighted by Gasteiger charge is -2.33. The summed E-state index contributed by atoms with van der Waals surface area (Å²) >= 11 is 0. The molecule has 172 valence electrons. The van der Waals surface area contributed by atoms with Gasteiger partial charge in [-0.2, -0.15) is 0 Å². The second-order valence-electron chi connectivity index (χ2n) is 7.43. The van der Waals surface area contributed by atoms with Crippen LogP contribution < -0.4 is 14.8 Å². The lowest BCUT2D eigenvalue weighted by atomic mass is 9.97. The Morgan fingerprint density at radius 2 is 1.88 bits per heavy atom. The zero-order valence-corrected chi connectivity index (χ0v) is 18.8. The number of para-hydroxylation sites is 1. The maximum Gasteiger partial charge on any atom is 0.309 e. The Morgan fingerprint density at radius 1 is 1.12 bits per heavy atom. The number of carbonyl (C=O) groups is 1. The average Bonchev–Trinajstić information content (AvgIpc) is 2.84. The molecule has 2 heterocycles. The van der Waals surface area contributed by atoms with E-state index >= 15 is 0 Å². The lowest BCUT2D eigenvalue weighted by molar-refractivity contribution is -0.149. The highest BCUT2D eigenvalue weighted by atomic mass is 16.5. The first-order valence-corrected chi connectivity index (χ1v) is 11.1. The fourth-order valence-electron chi connectivity index (χ4n) is 3.52. The van der Waals surface area contributed by atoms with E-state index in [9.17, 15) is 4.79 Å². The fraction of sp³-hybridized carbons (Fsp3) is 0.458. The highest BCUT2D eigenvalue weighted by molar-refractivity contribution is 5.80. The number of ether oxygens (including phenoxy) is 3. The molecule has 0 atom stereocenters. The molecule has 0 saturated carbocycles. The minimum absolute atomic E-state index is 0.0147. The van der Waals surface area contributed by atoms with Crippen molar-refractivity contribution in [3.8, 4) is 11.6 Å². The third kappa shape index (κ3) is 7.14. The molecule has 1 saturated heterocycles. The van der Waals surface area contributed by atoms with E-state index in [1.165, 1.54) is 0 Å². The molecule has 0 spiro atoms. The van der Waals surface area contributed by atoms with Crippen LogP contribution >= 0.6 is 0 Å². The van der Waals surface area contributed by atoms with Crippen LogP contribution in [0.5, 0.6) is 11.6 Å². The van der Waals surface area contributed by atoms with E-state index in [1.807, 2.05) is 49.4 Å². The van der Waals surface area contributed by atoms with Gasteiger partial charge in [0.25, 0.3) is 0 Å². The zero-order chi connectivity index (χ0) is 22.6. The quantitative estimate of drug-likeness (QED) is 0.278. The number of aliphatic imine (C=N–C) groups is 1. The van der Waals surface area contributed by atoms with Crippen molar-refractivity contribution in [2.75, 3.05) is 40.0 Å². The van der Waals surface area contributed by atoms with Gasteiger partial charge < -0.3 is 24.4 Å². The Labute approximate surface area is 189 Å². The highest BCUT2D eigenvalue weighted by Crippen LogP contribution is 2.19. The Kier molecular flexibility index (Phi) is 9.16. The Balaban J connectivity index is 1.38. The SMILES string of the molecule is CCOC(=O)C1CCN(C(=NC)NCc2ccc(OCCOc3ccccc3)nc2)CC1. The van der Waals surface area contributed by atoms with Crippen molar-refractivity contribution in [1.82, 2.24) is 15.2 Å². The molecule has 0 aliphatic carbocycles. The predicted molar refractivity (Wildman–Crippen MR) is 123 cm³/mol. The minimum Gasteiger partial charge on any atom is -0.490 e. The maximum absolute atomic E-state index is 11.9. The molecule has 3 rings (SSSR count). The normalized spacial score (nSPS) is 14.7. The lowest BCUT2D eigenvalue weighted by Crippen LogP contribution is -2.46.